The number of para-hydroxylation sites is 1. The van der Waals surface area contributed by atoms with Gasteiger partial charge in [-0.25, -0.2) is 4.98 Å². The molecular formula is C17H15ClN4O3S. The number of rotatable bonds is 7. The second kappa shape index (κ2) is 8.20. The number of nitro groups is 1. The van der Waals surface area contributed by atoms with Gasteiger partial charge in [-0.15, -0.1) is 5.10 Å². The van der Waals surface area contributed by atoms with Crippen molar-refractivity contribution in [2.45, 2.75) is 24.4 Å². The van der Waals surface area contributed by atoms with Crippen molar-refractivity contribution >= 4 is 29.1 Å². The lowest BCUT2D eigenvalue weighted by atomic mass is 10.2. The van der Waals surface area contributed by atoms with Gasteiger partial charge in [0.05, 0.1) is 4.92 Å². The summed E-state index contributed by atoms with van der Waals surface area (Å²) in [5, 5.41) is 19.1. The highest BCUT2D eigenvalue weighted by Gasteiger charge is 2.13. The molecule has 0 saturated heterocycles. The molecule has 1 aromatic heterocycles. The molecule has 3 rings (SSSR count). The van der Waals surface area contributed by atoms with Crippen molar-refractivity contribution in [3.63, 3.8) is 0 Å². The first-order valence-corrected chi connectivity index (χ1v) is 9.04. The summed E-state index contributed by atoms with van der Waals surface area (Å²) in [6, 6.07) is 12.0. The lowest BCUT2D eigenvalue weighted by Crippen LogP contribution is -1.98. The van der Waals surface area contributed by atoms with Gasteiger partial charge >= 0.3 is 0 Å². The zero-order valence-electron chi connectivity index (χ0n) is 13.8. The number of nitrogens with one attached hydrogen (secondary N) is 1. The molecular weight excluding hydrogens is 376 g/mol. The van der Waals surface area contributed by atoms with E-state index in [2.05, 4.69) is 15.2 Å². The van der Waals surface area contributed by atoms with E-state index in [1.807, 2.05) is 13.0 Å². The highest BCUT2D eigenvalue weighted by molar-refractivity contribution is 7.98. The van der Waals surface area contributed by atoms with Crippen LogP contribution < -0.4 is 4.74 Å². The Balaban J connectivity index is 1.58. The van der Waals surface area contributed by atoms with Crippen molar-refractivity contribution in [3.05, 3.63) is 74.6 Å². The summed E-state index contributed by atoms with van der Waals surface area (Å²) in [6.07, 6.45) is 0. The van der Waals surface area contributed by atoms with Gasteiger partial charge in [0.25, 0.3) is 5.69 Å². The maximum Gasteiger partial charge on any atom is 0.273 e. The van der Waals surface area contributed by atoms with Crippen LogP contribution in [0.4, 0.5) is 5.69 Å². The van der Waals surface area contributed by atoms with E-state index in [1.54, 1.807) is 30.3 Å². The summed E-state index contributed by atoms with van der Waals surface area (Å²) < 4.78 is 5.66. The topological polar surface area (TPSA) is 93.9 Å². The molecule has 2 aromatic carbocycles. The number of aryl methyl sites for hydroxylation is 1. The second-order valence-electron chi connectivity index (χ2n) is 5.44. The molecule has 26 heavy (non-hydrogen) atoms. The van der Waals surface area contributed by atoms with E-state index in [4.69, 9.17) is 16.3 Å². The zero-order chi connectivity index (χ0) is 18.5. The van der Waals surface area contributed by atoms with Gasteiger partial charge in [0.2, 0.25) is 5.16 Å². The minimum absolute atomic E-state index is 0.0946. The minimum atomic E-state index is -0.388. The largest absolute Gasteiger partial charge is 0.486 e. The predicted molar refractivity (Wildman–Crippen MR) is 99.6 cm³/mol. The number of nitro benzene ring substituents is 1. The number of hydrogen-bond acceptors (Lipinski definition) is 6. The van der Waals surface area contributed by atoms with Crippen LogP contribution >= 0.6 is 23.4 Å². The van der Waals surface area contributed by atoms with Crippen LogP contribution in [-0.4, -0.2) is 20.1 Å². The molecule has 3 aromatic rings. The Kier molecular flexibility index (Phi) is 5.75. The molecule has 134 valence electrons. The fourth-order valence-corrected chi connectivity index (χ4v) is 3.15. The van der Waals surface area contributed by atoms with Crippen LogP contribution in [0.3, 0.4) is 0 Å². The molecule has 0 saturated carbocycles. The average molecular weight is 391 g/mol. The van der Waals surface area contributed by atoms with Crippen LogP contribution in [0.1, 0.15) is 17.0 Å². The molecule has 0 aliphatic carbocycles. The SMILES string of the molecule is Cc1cc(OCc2nc(SCc3ccccc3[N+](=O)[O-])n[nH]2)ccc1Cl. The van der Waals surface area contributed by atoms with Crippen LogP contribution in [0.2, 0.25) is 5.02 Å². The molecule has 0 fully saturated rings. The quantitative estimate of drug-likeness (QED) is 0.361. The Bertz CT molecular complexity index is 932. The predicted octanol–water partition coefficient (Wildman–Crippen LogP) is 4.55. The molecule has 0 radical (unpaired) electrons. The van der Waals surface area contributed by atoms with Crippen molar-refractivity contribution in [2.75, 3.05) is 0 Å². The molecule has 9 heteroatoms. The zero-order valence-corrected chi connectivity index (χ0v) is 15.4. The molecule has 0 aliphatic heterocycles. The first-order chi connectivity index (χ1) is 12.5. The Morgan fingerprint density at radius 1 is 1.31 bits per heavy atom. The van der Waals surface area contributed by atoms with Gasteiger partial charge in [-0.1, -0.05) is 41.6 Å². The highest BCUT2D eigenvalue weighted by Crippen LogP contribution is 2.26. The molecule has 0 amide bonds. The molecule has 7 nitrogen and oxygen atoms in total. The van der Waals surface area contributed by atoms with Crippen molar-refractivity contribution in [1.29, 1.82) is 0 Å². The molecule has 0 spiro atoms. The van der Waals surface area contributed by atoms with Gasteiger partial charge in [0, 0.05) is 22.4 Å². The number of aromatic nitrogens is 3. The second-order valence-corrected chi connectivity index (χ2v) is 6.79. The van der Waals surface area contributed by atoms with E-state index in [1.165, 1.54) is 17.8 Å². The van der Waals surface area contributed by atoms with Crippen molar-refractivity contribution in [1.82, 2.24) is 15.2 Å². The van der Waals surface area contributed by atoms with E-state index in [-0.39, 0.29) is 17.2 Å². The third-order valence-corrected chi connectivity index (χ3v) is 4.88. The van der Waals surface area contributed by atoms with Crippen LogP contribution in [-0.2, 0) is 12.4 Å². The monoisotopic (exact) mass is 390 g/mol. The Morgan fingerprint density at radius 2 is 2.12 bits per heavy atom. The molecule has 0 atom stereocenters. The lowest BCUT2D eigenvalue weighted by Gasteiger charge is -2.05. The van der Waals surface area contributed by atoms with Crippen LogP contribution in [0, 0.1) is 17.0 Å². The summed E-state index contributed by atoms with van der Waals surface area (Å²) in [6.45, 7) is 2.14. The number of H-pyrrole nitrogens is 1. The summed E-state index contributed by atoms with van der Waals surface area (Å²) >= 11 is 7.31. The minimum Gasteiger partial charge on any atom is -0.486 e. The molecule has 0 aliphatic rings. The van der Waals surface area contributed by atoms with Crippen LogP contribution in [0.25, 0.3) is 0 Å². The summed E-state index contributed by atoms with van der Waals surface area (Å²) in [7, 11) is 0. The number of aromatic amines is 1. The van der Waals surface area contributed by atoms with Gasteiger partial charge in [0.1, 0.15) is 12.4 Å². The lowest BCUT2D eigenvalue weighted by molar-refractivity contribution is -0.385. The standard InChI is InChI=1S/C17H15ClN4O3S/c1-11-8-13(6-7-14(11)18)25-9-16-19-17(21-20-16)26-10-12-4-2-3-5-15(12)22(23)24/h2-8H,9-10H2,1H3,(H,19,20,21). The third kappa shape index (κ3) is 4.53. The molecule has 0 unspecified atom stereocenters. The van der Waals surface area contributed by atoms with E-state index in [9.17, 15) is 10.1 Å². The Labute approximate surface area is 158 Å². The summed E-state index contributed by atoms with van der Waals surface area (Å²) in [5.74, 6) is 1.67. The molecule has 1 N–H and O–H groups in total. The van der Waals surface area contributed by atoms with Crippen LogP contribution in [0.5, 0.6) is 5.75 Å². The van der Waals surface area contributed by atoms with Crippen molar-refractivity contribution < 1.29 is 9.66 Å². The summed E-state index contributed by atoms with van der Waals surface area (Å²) in [4.78, 5) is 15.0. The van der Waals surface area contributed by atoms with Gasteiger partial charge in [0.15, 0.2) is 5.82 Å². The maximum absolute atomic E-state index is 11.0. The number of ether oxygens (including phenoxy) is 1. The number of nitrogens with zero attached hydrogens (tertiary/aromatic N) is 3. The fraction of sp³-hybridized carbons (Fsp3) is 0.176. The van der Waals surface area contributed by atoms with Gasteiger partial charge in [-0.05, 0) is 30.7 Å². The normalized spacial score (nSPS) is 10.7. The van der Waals surface area contributed by atoms with Gasteiger partial charge in [-0.3, -0.25) is 15.2 Å². The van der Waals surface area contributed by atoms with Crippen molar-refractivity contribution in [3.8, 4) is 5.75 Å². The number of hydrogen-bond donors (Lipinski definition) is 1. The molecule has 1 heterocycles. The van der Waals surface area contributed by atoms with Gasteiger partial charge < -0.3 is 4.74 Å². The summed E-state index contributed by atoms with van der Waals surface area (Å²) in [5.41, 5.74) is 1.65. The van der Waals surface area contributed by atoms with Crippen LogP contribution in [0.15, 0.2) is 47.6 Å². The highest BCUT2D eigenvalue weighted by atomic mass is 35.5. The van der Waals surface area contributed by atoms with Gasteiger partial charge in [-0.2, -0.15) is 0 Å². The molecule has 0 bridgehead atoms. The van der Waals surface area contributed by atoms with E-state index < -0.39 is 0 Å². The average Bonchev–Trinajstić information content (AvgIpc) is 3.09. The smallest absolute Gasteiger partial charge is 0.273 e. The third-order valence-electron chi connectivity index (χ3n) is 3.56. The van der Waals surface area contributed by atoms with E-state index in [0.29, 0.717) is 33.1 Å². The Hall–Kier alpha value is -2.58. The number of benzene rings is 2. The fourth-order valence-electron chi connectivity index (χ4n) is 2.22. The first kappa shape index (κ1) is 18.2. The number of halogens is 1. The number of thioether (sulfide) groups is 1. The maximum atomic E-state index is 11.0. The van der Waals surface area contributed by atoms with Crippen molar-refractivity contribution in [2.24, 2.45) is 0 Å². The first-order valence-electron chi connectivity index (χ1n) is 7.68. The Morgan fingerprint density at radius 3 is 2.88 bits per heavy atom. The van der Waals surface area contributed by atoms with E-state index >= 15 is 0 Å². The van der Waals surface area contributed by atoms with E-state index in [0.717, 1.165) is 5.56 Å².